The maximum absolute atomic E-state index is 12.7. The average molecular weight is 431 g/mol. The number of nitrogens with zero attached hydrogens (tertiary/aromatic N) is 1. The van der Waals surface area contributed by atoms with Crippen LogP contribution in [0.5, 0.6) is 17.2 Å². The van der Waals surface area contributed by atoms with Gasteiger partial charge >= 0.3 is 0 Å². The maximum Gasteiger partial charge on any atom is 0.255 e. The van der Waals surface area contributed by atoms with Crippen LogP contribution in [0.15, 0.2) is 72.8 Å². The minimum absolute atomic E-state index is 0.280. The van der Waals surface area contributed by atoms with E-state index in [9.17, 15) is 15.2 Å². The van der Waals surface area contributed by atoms with E-state index in [1.54, 1.807) is 79.7 Å². The summed E-state index contributed by atoms with van der Waals surface area (Å²) in [6.45, 7) is 2.34. The van der Waals surface area contributed by atoms with E-state index in [2.05, 4.69) is 11.4 Å². The van der Waals surface area contributed by atoms with Gasteiger partial charge in [-0.1, -0.05) is 24.3 Å². The third-order valence-electron chi connectivity index (χ3n) is 4.76. The van der Waals surface area contributed by atoms with Crippen LogP contribution in [-0.4, -0.2) is 23.7 Å². The quantitative estimate of drug-likeness (QED) is 0.413. The molecular formula is C26H26N2O4. The second-order valence-electron chi connectivity index (χ2n) is 7.38. The molecule has 3 rings (SSSR count). The number of nitrogens with one attached hydrogen (secondary N) is 1. The minimum atomic E-state index is -0.288. The molecule has 1 unspecified atom stereocenters. The predicted octanol–water partition coefficient (Wildman–Crippen LogP) is 5.53. The molecule has 0 aliphatic rings. The molecule has 164 valence electrons. The van der Waals surface area contributed by atoms with E-state index in [-0.39, 0.29) is 12.0 Å². The molecule has 3 aromatic rings. The highest BCUT2D eigenvalue weighted by Gasteiger charge is 2.12. The lowest BCUT2D eigenvalue weighted by Gasteiger charge is -2.13. The number of unbranched alkanes of at least 4 members (excludes halogenated alkanes) is 1. The number of rotatable bonds is 10. The largest absolute Gasteiger partial charge is 0.494 e. The Hall–Kier alpha value is -3.82. The lowest BCUT2D eigenvalue weighted by molar-refractivity contribution is 0.102. The van der Waals surface area contributed by atoms with E-state index in [1.165, 1.54) is 0 Å². The van der Waals surface area contributed by atoms with Crippen LogP contribution in [0.2, 0.25) is 0 Å². The van der Waals surface area contributed by atoms with E-state index >= 15 is 0 Å². The van der Waals surface area contributed by atoms with Gasteiger partial charge in [0, 0.05) is 5.56 Å². The van der Waals surface area contributed by atoms with E-state index in [0.717, 1.165) is 19.3 Å². The van der Waals surface area contributed by atoms with Crippen LogP contribution >= 0.6 is 0 Å². The van der Waals surface area contributed by atoms with Crippen molar-refractivity contribution in [2.45, 2.75) is 32.3 Å². The first-order valence-electron chi connectivity index (χ1n) is 10.5. The average Bonchev–Trinajstić information content (AvgIpc) is 2.80. The molecule has 0 saturated heterocycles. The number of carbonyl (C=O) groups is 1. The Morgan fingerprint density at radius 1 is 1.00 bits per heavy atom. The van der Waals surface area contributed by atoms with Crippen LogP contribution in [0.1, 0.15) is 42.1 Å². The van der Waals surface area contributed by atoms with Crippen LogP contribution in [-0.2, 0) is 0 Å². The number of para-hydroxylation sites is 3. The number of aliphatic hydroxyl groups is 1. The zero-order valence-corrected chi connectivity index (χ0v) is 18.0. The maximum atomic E-state index is 12.7. The molecule has 0 aliphatic carbocycles. The Bertz CT molecular complexity index is 1070. The van der Waals surface area contributed by atoms with Crippen LogP contribution < -0.4 is 14.8 Å². The summed E-state index contributed by atoms with van der Waals surface area (Å²) >= 11 is 0. The highest BCUT2D eigenvalue weighted by molar-refractivity contribution is 6.05. The standard InChI is InChI=1S/C26H26N2O4/c1-19(29)8-6-7-17-31-22-15-13-20(14-16-22)26(30)28-23-10-3-5-12-25(23)32-24-11-4-2-9-21(24)18-27/h2-5,9-16,19,29H,6-8,17H2,1H3,(H,28,30). The van der Waals surface area contributed by atoms with Gasteiger partial charge in [0.15, 0.2) is 5.75 Å². The van der Waals surface area contributed by atoms with Gasteiger partial charge in [-0.25, -0.2) is 0 Å². The fraction of sp³-hybridized carbons (Fsp3) is 0.231. The molecule has 0 fully saturated rings. The van der Waals surface area contributed by atoms with Gasteiger partial charge in [-0.15, -0.1) is 0 Å². The van der Waals surface area contributed by atoms with E-state index in [1.807, 2.05) is 0 Å². The SMILES string of the molecule is CC(O)CCCCOc1ccc(C(=O)Nc2ccccc2Oc2ccccc2C#N)cc1. The molecule has 0 bridgehead atoms. The third kappa shape index (κ3) is 6.59. The number of anilines is 1. The van der Waals surface area contributed by atoms with Gasteiger partial charge in [0.05, 0.1) is 24.0 Å². The Morgan fingerprint density at radius 3 is 2.41 bits per heavy atom. The van der Waals surface area contributed by atoms with E-state index in [4.69, 9.17) is 9.47 Å². The van der Waals surface area contributed by atoms with Gasteiger partial charge in [0.25, 0.3) is 5.91 Å². The van der Waals surface area contributed by atoms with Crippen molar-refractivity contribution in [3.63, 3.8) is 0 Å². The molecule has 1 atom stereocenters. The normalized spacial score (nSPS) is 11.3. The van der Waals surface area contributed by atoms with Gasteiger partial charge < -0.3 is 19.9 Å². The fourth-order valence-electron chi connectivity index (χ4n) is 3.05. The third-order valence-corrected chi connectivity index (χ3v) is 4.76. The highest BCUT2D eigenvalue weighted by atomic mass is 16.5. The second kappa shape index (κ2) is 11.5. The summed E-state index contributed by atoms with van der Waals surface area (Å²) in [4.78, 5) is 12.7. The summed E-state index contributed by atoms with van der Waals surface area (Å²) in [6.07, 6.45) is 2.23. The predicted molar refractivity (Wildman–Crippen MR) is 123 cm³/mol. The Kier molecular flexibility index (Phi) is 8.24. The van der Waals surface area contributed by atoms with E-state index in [0.29, 0.717) is 40.7 Å². The molecule has 6 heteroatoms. The van der Waals surface area contributed by atoms with Crippen LogP contribution in [0, 0.1) is 11.3 Å². The van der Waals surface area contributed by atoms with Crippen LogP contribution in [0.4, 0.5) is 5.69 Å². The molecule has 2 N–H and O–H groups in total. The first-order chi connectivity index (χ1) is 15.6. The molecule has 0 aromatic heterocycles. The van der Waals surface area contributed by atoms with Crippen molar-refractivity contribution in [1.82, 2.24) is 0 Å². The van der Waals surface area contributed by atoms with Crippen molar-refractivity contribution >= 4 is 11.6 Å². The van der Waals surface area contributed by atoms with Crippen molar-refractivity contribution in [2.24, 2.45) is 0 Å². The first-order valence-corrected chi connectivity index (χ1v) is 10.5. The monoisotopic (exact) mass is 430 g/mol. The molecule has 32 heavy (non-hydrogen) atoms. The summed E-state index contributed by atoms with van der Waals surface area (Å²) in [5.41, 5.74) is 1.40. The van der Waals surface area contributed by atoms with Crippen molar-refractivity contribution in [3.05, 3.63) is 83.9 Å². The number of hydrogen-bond donors (Lipinski definition) is 2. The lowest BCUT2D eigenvalue weighted by Crippen LogP contribution is -2.12. The zero-order chi connectivity index (χ0) is 22.8. The fourth-order valence-corrected chi connectivity index (χ4v) is 3.05. The molecule has 1 amide bonds. The van der Waals surface area contributed by atoms with E-state index < -0.39 is 0 Å². The van der Waals surface area contributed by atoms with Crippen molar-refractivity contribution in [1.29, 1.82) is 5.26 Å². The molecular weight excluding hydrogens is 404 g/mol. The molecule has 0 heterocycles. The molecule has 0 spiro atoms. The highest BCUT2D eigenvalue weighted by Crippen LogP contribution is 2.31. The summed E-state index contributed by atoms with van der Waals surface area (Å²) in [5.74, 6) is 1.28. The topological polar surface area (TPSA) is 91.6 Å². The molecule has 3 aromatic carbocycles. The lowest BCUT2D eigenvalue weighted by atomic mass is 10.2. The zero-order valence-electron chi connectivity index (χ0n) is 18.0. The van der Waals surface area contributed by atoms with Crippen molar-refractivity contribution in [3.8, 4) is 23.3 Å². The van der Waals surface area contributed by atoms with Crippen LogP contribution in [0.3, 0.4) is 0 Å². The van der Waals surface area contributed by atoms with Crippen molar-refractivity contribution in [2.75, 3.05) is 11.9 Å². The van der Waals surface area contributed by atoms with Gasteiger partial charge in [0.1, 0.15) is 17.6 Å². The summed E-state index contributed by atoms with van der Waals surface area (Å²) in [7, 11) is 0. The number of nitriles is 1. The minimum Gasteiger partial charge on any atom is -0.494 e. The molecule has 0 saturated carbocycles. The smallest absolute Gasteiger partial charge is 0.255 e. The summed E-state index contributed by atoms with van der Waals surface area (Å²) < 4.78 is 11.6. The number of carbonyl (C=O) groups excluding carboxylic acids is 1. The Labute approximate surface area is 188 Å². The summed E-state index contributed by atoms with van der Waals surface area (Å²) in [6, 6.07) is 23.0. The Balaban J connectivity index is 1.61. The van der Waals surface area contributed by atoms with Gasteiger partial charge in [-0.2, -0.15) is 5.26 Å². The number of ether oxygens (including phenoxy) is 2. The number of aliphatic hydroxyl groups excluding tert-OH is 1. The van der Waals surface area contributed by atoms with Crippen molar-refractivity contribution < 1.29 is 19.4 Å². The molecule has 6 nitrogen and oxygen atoms in total. The van der Waals surface area contributed by atoms with Gasteiger partial charge in [0.2, 0.25) is 0 Å². The van der Waals surface area contributed by atoms with Gasteiger partial charge in [-0.05, 0) is 74.7 Å². The van der Waals surface area contributed by atoms with Crippen LogP contribution in [0.25, 0.3) is 0 Å². The number of hydrogen-bond acceptors (Lipinski definition) is 5. The number of benzene rings is 3. The number of amides is 1. The first kappa shape index (κ1) is 22.9. The Morgan fingerprint density at radius 2 is 1.69 bits per heavy atom. The molecule has 0 aliphatic heterocycles. The molecule has 0 radical (unpaired) electrons. The second-order valence-corrected chi connectivity index (χ2v) is 7.38. The summed E-state index contributed by atoms with van der Waals surface area (Å²) in [5, 5.41) is 21.4. The van der Waals surface area contributed by atoms with Gasteiger partial charge in [-0.3, -0.25) is 4.79 Å².